The van der Waals surface area contributed by atoms with E-state index < -0.39 is 0 Å². The van der Waals surface area contributed by atoms with Gasteiger partial charge in [0.05, 0.1) is 0 Å². The molecule has 0 aliphatic rings. The molecule has 0 unspecified atom stereocenters. The highest BCUT2D eigenvalue weighted by Crippen LogP contribution is 1.95. The van der Waals surface area contributed by atoms with Gasteiger partial charge in [0.25, 0.3) is 0 Å². The first-order chi connectivity index (χ1) is 7.24. The van der Waals surface area contributed by atoms with Crippen molar-refractivity contribution >= 4 is 6.09 Å². The van der Waals surface area contributed by atoms with Crippen molar-refractivity contribution in [1.29, 1.82) is 0 Å². The Morgan fingerprint density at radius 1 is 1.47 bits per heavy atom. The molecule has 0 saturated carbocycles. The van der Waals surface area contributed by atoms with E-state index in [-0.39, 0.29) is 12.7 Å². The summed E-state index contributed by atoms with van der Waals surface area (Å²) in [5.41, 5.74) is 0.909. The molecule has 0 atom stereocenters. The van der Waals surface area contributed by atoms with Gasteiger partial charge in [-0.15, -0.1) is 0 Å². The van der Waals surface area contributed by atoms with Crippen LogP contribution in [-0.4, -0.2) is 19.2 Å². The molecule has 15 heavy (non-hydrogen) atoms. The smallest absolute Gasteiger partial charge is 0.407 e. The quantitative estimate of drug-likeness (QED) is 0.712. The lowest BCUT2D eigenvalue weighted by molar-refractivity contribution is 0.156. The molecular formula is C12H23NO2. The molecule has 0 saturated heterocycles. The normalized spacial score (nSPS) is 9.73. The van der Waals surface area contributed by atoms with Crippen LogP contribution in [0, 0.1) is 0 Å². The van der Waals surface area contributed by atoms with E-state index in [0.717, 1.165) is 12.0 Å². The molecule has 3 nitrogen and oxygen atoms in total. The summed E-state index contributed by atoms with van der Waals surface area (Å²) in [5, 5.41) is 2.61. The molecule has 0 aromatic carbocycles. The summed E-state index contributed by atoms with van der Waals surface area (Å²) in [5.74, 6) is 0. The number of nitrogens with one attached hydrogen (secondary N) is 1. The molecule has 0 radical (unpaired) electrons. The molecule has 0 aromatic heterocycles. The summed E-state index contributed by atoms with van der Waals surface area (Å²) in [7, 11) is 0. The SMILES string of the molecule is C=C/C(=C\C)COC(=O)NCCC.CC. The van der Waals surface area contributed by atoms with Crippen LogP contribution in [0.1, 0.15) is 34.1 Å². The molecular weight excluding hydrogens is 190 g/mol. The minimum Gasteiger partial charge on any atom is -0.445 e. The number of carbonyl (C=O) groups is 1. The van der Waals surface area contributed by atoms with Crippen molar-refractivity contribution in [2.75, 3.05) is 13.2 Å². The van der Waals surface area contributed by atoms with Crippen molar-refractivity contribution in [2.24, 2.45) is 0 Å². The Kier molecular flexibility index (Phi) is 13.8. The first kappa shape index (κ1) is 16.2. The highest BCUT2D eigenvalue weighted by Gasteiger charge is 1.99. The summed E-state index contributed by atoms with van der Waals surface area (Å²) < 4.78 is 4.90. The Morgan fingerprint density at radius 3 is 2.47 bits per heavy atom. The molecule has 0 spiro atoms. The minimum absolute atomic E-state index is 0.287. The molecule has 0 aliphatic heterocycles. The lowest BCUT2D eigenvalue weighted by Gasteiger charge is -2.05. The summed E-state index contributed by atoms with van der Waals surface area (Å²) in [6, 6.07) is 0. The highest BCUT2D eigenvalue weighted by molar-refractivity contribution is 5.67. The number of hydrogen-bond acceptors (Lipinski definition) is 2. The van der Waals surface area contributed by atoms with Crippen LogP contribution in [0.5, 0.6) is 0 Å². The van der Waals surface area contributed by atoms with Crippen molar-refractivity contribution in [1.82, 2.24) is 5.32 Å². The van der Waals surface area contributed by atoms with Gasteiger partial charge < -0.3 is 10.1 Å². The van der Waals surface area contributed by atoms with Crippen molar-refractivity contribution in [3.05, 3.63) is 24.3 Å². The second kappa shape index (κ2) is 12.8. The predicted molar refractivity (Wildman–Crippen MR) is 64.9 cm³/mol. The Morgan fingerprint density at radius 2 is 2.07 bits per heavy atom. The minimum atomic E-state index is -0.372. The molecule has 3 heteroatoms. The summed E-state index contributed by atoms with van der Waals surface area (Å²) >= 11 is 0. The molecule has 88 valence electrons. The van der Waals surface area contributed by atoms with E-state index >= 15 is 0 Å². The Hall–Kier alpha value is -1.25. The lowest BCUT2D eigenvalue weighted by atomic mass is 10.3. The monoisotopic (exact) mass is 213 g/mol. The van der Waals surface area contributed by atoms with Crippen molar-refractivity contribution in [3.63, 3.8) is 0 Å². The van der Waals surface area contributed by atoms with Gasteiger partial charge >= 0.3 is 6.09 Å². The number of allylic oxidation sites excluding steroid dienone is 1. The molecule has 0 heterocycles. The first-order valence-corrected chi connectivity index (χ1v) is 5.42. The van der Waals surface area contributed by atoms with Crippen molar-refractivity contribution in [2.45, 2.75) is 34.1 Å². The van der Waals surface area contributed by atoms with Crippen molar-refractivity contribution < 1.29 is 9.53 Å². The zero-order valence-electron chi connectivity index (χ0n) is 10.3. The van der Waals surface area contributed by atoms with Gasteiger partial charge in [-0.3, -0.25) is 0 Å². The van der Waals surface area contributed by atoms with Crippen LogP contribution in [0.4, 0.5) is 4.79 Å². The van der Waals surface area contributed by atoms with Crippen LogP contribution in [0.15, 0.2) is 24.3 Å². The number of amides is 1. The van der Waals surface area contributed by atoms with Crippen LogP contribution < -0.4 is 5.32 Å². The van der Waals surface area contributed by atoms with Crippen LogP contribution in [0.3, 0.4) is 0 Å². The molecule has 0 rings (SSSR count). The maximum absolute atomic E-state index is 10.9. The van der Waals surface area contributed by atoms with E-state index in [1.54, 1.807) is 6.08 Å². The number of ether oxygens (including phenoxy) is 1. The molecule has 0 fully saturated rings. The zero-order chi connectivity index (χ0) is 12.1. The topological polar surface area (TPSA) is 38.3 Å². The van der Waals surface area contributed by atoms with E-state index in [9.17, 15) is 4.79 Å². The lowest BCUT2D eigenvalue weighted by Crippen LogP contribution is -2.25. The van der Waals surface area contributed by atoms with E-state index in [0.29, 0.717) is 6.54 Å². The highest BCUT2D eigenvalue weighted by atomic mass is 16.5. The average molecular weight is 213 g/mol. The summed E-state index contributed by atoms with van der Waals surface area (Å²) in [6.45, 7) is 12.4. The molecule has 1 N–H and O–H groups in total. The van der Waals surface area contributed by atoms with Crippen LogP contribution in [-0.2, 0) is 4.74 Å². The third-order valence-corrected chi connectivity index (χ3v) is 1.52. The fraction of sp³-hybridized carbons (Fsp3) is 0.583. The van der Waals surface area contributed by atoms with Gasteiger partial charge in [0.1, 0.15) is 6.61 Å². The molecule has 0 aliphatic carbocycles. The first-order valence-electron chi connectivity index (χ1n) is 5.42. The molecule has 0 bridgehead atoms. The number of carbonyl (C=O) groups excluding carboxylic acids is 1. The summed E-state index contributed by atoms with van der Waals surface area (Å²) in [6.07, 6.45) is 4.07. The predicted octanol–water partition coefficient (Wildman–Crippen LogP) is 3.28. The molecule has 0 aromatic rings. The Bertz CT molecular complexity index is 198. The van der Waals surface area contributed by atoms with Crippen LogP contribution in [0.25, 0.3) is 0 Å². The van der Waals surface area contributed by atoms with Gasteiger partial charge in [-0.25, -0.2) is 4.79 Å². The summed E-state index contributed by atoms with van der Waals surface area (Å²) in [4.78, 5) is 10.9. The largest absolute Gasteiger partial charge is 0.445 e. The Balaban J connectivity index is 0. The second-order valence-electron chi connectivity index (χ2n) is 2.57. The van der Waals surface area contributed by atoms with E-state index in [4.69, 9.17) is 4.74 Å². The van der Waals surface area contributed by atoms with Crippen LogP contribution >= 0.6 is 0 Å². The second-order valence-corrected chi connectivity index (χ2v) is 2.57. The van der Waals surface area contributed by atoms with Gasteiger partial charge in [0, 0.05) is 6.54 Å². The maximum atomic E-state index is 10.9. The number of rotatable bonds is 5. The number of hydrogen-bond donors (Lipinski definition) is 1. The fourth-order valence-corrected chi connectivity index (χ4v) is 0.687. The van der Waals surface area contributed by atoms with E-state index in [1.807, 2.05) is 33.8 Å². The van der Waals surface area contributed by atoms with E-state index in [1.165, 1.54) is 0 Å². The van der Waals surface area contributed by atoms with Crippen molar-refractivity contribution in [3.8, 4) is 0 Å². The average Bonchev–Trinajstić information content (AvgIpc) is 2.30. The van der Waals surface area contributed by atoms with Gasteiger partial charge in [0.15, 0.2) is 0 Å². The standard InChI is InChI=1S/C10H17NO2.C2H6/c1-4-7-11-10(12)13-8-9(5-2)6-3;1-2/h5-6H,2,4,7-8H2,1,3H3,(H,11,12);1-2H3/b9-6+;. The zero-order valence-corrected chi connectivity index (χ0v) is 10.3. The van der Waals surface area contributed by atoms with E-state index in [2.05, 4.69) is 11.9 Å². The third-order valence-electron chi connectivity index (χ3n) is 1.52. The maximum Gasteiger partial charge on any atom is 0.407 e. The number of alkyl carbamates (subject to hydrolysis) is 1. The van der Waals surface area contributed by atoms with Gasteiger partial charge in [-0.1, -0.05) is 39.5 Å². The van der Waals surface area contributed by atoms with Gasteiger partial charge in [-0.05, 0) is 18.9 Å². The van der Waals surface area contributed by atoms with Crippen LogP contribution in [0.2, 0.25) is 0 Å². The fourth-order valence-electron chi connectivity index (χ4n) is 0.687. The van der Waals surface area contributed by atoms with Gasteiger partial charge in [-0.2, -0.15) is 0 Å². The van der Waals surface area contributed by atoms with Gasteiger partial charge in [0.2, 0.25) is 0 Å². The Labute approximate surface area is 93.2 Å². The molecule has 1 amide bonds. The third kappa shape index (κ3) is 10.7.